The van der Waals surface area contributed by atoms with Crippen LogP contribution in [0.25, 0.3) is 0 Å². The monoisotopic (exact) mass is 556 g/mol. The van der Waals surface area contributed by atoms with Gasteiger partial charge in [0.2, 0.25) is 0 Å². The summed E-state index contributed by atoms with van der Waals surface area (Å²) < 4.78 is 2.24. The molecule has 1 aliphatic carbocycles. The third-order valence-corrected chi connectivity index (χ3v) is 10.8. The first kappa shape index (κ1) is 17.2. The van der Waals surface area contributed by atoms with Crippen LogP contribution in [0.3, 0.4) is 0 Å². The second kappa shape index (κ2) is 8.43. The maximum atomic E-state index is 3.79. The summed E-state index contributed by atoms with van der Waals surface area (Å²) in [6, 6.07) is 0. The lowest BCUT2D eigenvalue weighted by atomic mass is 10.0. The molecule has 0 aromatic heterocycles. The third kappa shape index (κ3) is 5.57. The Bertz CT molecular complexity index is 272. The zero-order valence-electron chi connectivity index (χ0n) is 9.62. The minimum absolute atomic E-state index is 0.196. The van der Waals surface area contributed by atoms with Crippen LogP contribution >= 0.6 is 79.6 Å². The van der Waals surface area contributed by atoms with Gasteiger partial charge in [0.25, 0.3) is 0 Å². The molecule has 1 aliphatic rings. The van der Waals surface area contributed by atoms with Gasteiger partial charge < -0.3 is 0 Å². The predicted octanol–water partition coefficient (Wildman–Crippen LogP) is 7.37. The Hall–Kier alpha value is 2.14. The van der Waals surface area contributed by atoms with Crippen LogP contribution in [0.5, 0.6) is 0 Å². The number of hydrogen-bond acceptors (Lipinski definition) is 0. The Kier molecular flexibility index (Phi) is 8.53. The van der Waals surface area contributed by atoms with E-state index in [1.54, 1.807) is 0 Å². The van der Waals surface area contributed by atoms with Gasteiger partial charge in [-0.15, -0.1) is 0 Å². The summed E-state index contributed by atoms with van der Waals surface area (Å²) in [4.78, 5) is 0.386. The number of allylic oxidation sites excluding steroid dienone is 2. The van der Waals surface area contributed by atoms with E-state index in [9.17, 15) is 0 Å². The van der Waals surface area contributed by atoms with Crippen LogP contribution in [-0.2, 0) is 0 Å². The van der Waals surface area contributed by atoms with Crippen LogP contribution in [0.15, 0.2) is 8.96 Å². The molecule has 17 heavy (non-hydrogen) atoms. The molecule has 0 saturated heterocycles. The zero-order valence-corrected chi connectivity index (χ0v) is 17.6. The average Bonchev–Trinajstić information content (AvgIpc) is 2.29. The van der Waals surface area contributed by atoms with E-state index in [0.29, 0.717) is 4.83 Å². The molecule has 0 nitrogen and oxygen atoms in total. The predicted molar refractivity (Wildman–Crippen MR) is 95.1 cm³/mol. The Morgan fingerprint density at radius 2 is 1.41 bits per heavy atom. The van der Waals surface area contributed by atoms with Crippen molar-refractivity contribution in [3.05, 3.63) is 8.96 Å². The van der Waals surface area contributed by atoms with Gasteiger partial charge in [-0.1, -0.05) is 112 Å². The SMILES string of the molecule is Br/C1=C(\Br)C(Br)(Br)C(Br)CCCCCCCC1. The highest BCUT2D eigenvalue weighted by Crippen LogP contribution is 2.49. The Labute approximate surface area is 146 Å². The summed E-state index contributed by atoms with van der Waals surface area (Å²) >= 11 is 18.8. The topological polar surface area (TPSA) is 0 Å². The van der Waals surface area contributed by atoms with Gasteiger partial charge in [0.1, 0.15) is 3.23 Å². The van der Waals surface area contributed by atoms with Crippen LogP contribution in [0, 0.1) is 0 Å². The summed E-state index contributed by atoms with van der Waals surface area (Å²) in [5.41, 5.74) is 0. The van der Waals surface area contributed by atoms with Crippen molar-refractivity contribution in [1.82, 2.24) is 0 Å². The summed E-state index contributed by atoms with van der Waals surface area (Å²) in [5.74, 6) is 0. The van der Waals surface area contributed by atoms with Crippen LogP contribution in [0.1, 0.15) is 51.4 Å². The molecule has 1 atom stereocenters. The number of rotatable bonds is 0. The summed E-state index contributed by atoms with van der Waals surface area (Å²) in [6.07, 6.45) is 10.3. The maximum Gasteiger partial charge on any atom is 0.125 e. The van der Waals surface area contributed by atoms with Gasteiger partial charge in [-0.2, -0.15) is 0 Å². The van der Waals surface area contributed by atoms with Crippen LogP contribution in [0.2, 0.25) is 0 Å². The van der Waals surface area contributed by atoms with Crippen LogP contribution < -0.4 is 0 Å². The van der Waals surface area contributed by atoms with Crippen molar-refractivity contribution in [3.8, 4) is 0 Å². The summed E-state index contributed by atoms with van der Waals surface area (Å²) in [6.45, 7) is 0. The molecular weight excluding hydrogens is 544 g/mol. The fraction of sp³-hybridized carbons (Fsp3) is 0.833. The van der Waals surface area contributed by atoms with Gasteiger partial charge >= 0.3 is 0 Å². The second-order valence-electron chi connectivity index (χ2n) is 4.47. The third-order valence-electron chi connectivity index (χ3n) is 3.03. The second-order valence-corrected chi connectivity index (χ2v) is 10.9. The van der Waals surface area contributed by atoms with E-state index >= 15 is 0 Å². The molecule has 1 rings (SSSR count). The molecule has 0 fully saturated rings. The Balaban J connectivity index is 2.81. The van der Waals surface area contributed by atoms with Gasteiger partial charge in [0.05, 0.1) is 0 Å². The van der Waals surface area contributed by atoms with Gasteiger partial charge in [0, 0.05) is 13.8 Å². The van der Waals surface area contributed by atoms with Gasteiger partial charge in [-0.25, -0.2) is 0 Å². The highest BCUT2D eigenvalue weighted by Gasteiger charge is 2.35. The normalized spacial score (nSPS) is 32.6. The molecule has 0 aromatic rings. The van der Waals surface area contributed by atoms with E-state index in [1.807, 2.05) is 0 Å². The minimum Gasteiger partial charge on any atom is -0.0862 e. The molecule has 100 valence electrons. The number of hydrogen-bond donors (Lipinski definition) is 0. The lowest BCUT2D eigenvalue weighted by Crippen LogP contribution is -2.26. The van der Waals surface area contributed by atoms with E-state index in [1.165, 1.54) is 53.9 Å². The standard InChI is InChI=1S/C12H17Br5/c13-9-7-5-3-1-2-4-6-8-10(14)12(16,17)11(9)15/h10H,1-8H2/b11-9-. The fourth-order valence-electron chi connectivity index (χ4n) is 1.92. The average molecular weight is 561 g/mol. The van der Waals surface area contributed by atoms with Crippen molar-refractivity contribution in [3.63, 3.8) is 0 Å². The first-order chi connectivity index (χ1) is 7.96. The maximum absolute atomic E-state index is 3.79. The zero-order chi connectivity index (χ0) is 12.9. The Morgan fingerprint density at radius 1 is 0.882 bits per heavy atom. The highest BCUT2D eigenvalue weighted by molar-refractivity contribution is 9.27. The van der Waals surface area contributed by atoms with Crippen LogP contribution in [-0.4, -0.2) is 8.06 Å². The van der Waals surface area contributed by atoms with Crippen molar-refractivity contribution >= 4 is 79.6 Å². The molecule has 0 aromatic carbocycles. The lowest BCUT2D eigenvalue weighted by molar-refractivity contribution is 0.571. The number of halogens is 5. The molecule has 0 spiro atoms. The molecule has 0 bridgehead atoms. The van der Waals surface area contributed by atoms with E-state index in [-0.39, 0.29) is 3.23 Å². The fourth-order valence-corrected chi connectivity index (χ4v) is 5.32. The lowest BCUT2D eigenvalue weighted by Gasteiger charge is -2.28. The molecule has 5 heteroatoms. The van der Waals surface area contributed by atoms with E-state index in [4.69, 9.17) is 0 Å². The van der Waals surface area contributed by atoms with Crippen molar-refractivity contribution in [2.45, 2.75) is 59.4 Å². The van der Waals surface area contributed by atoms with Crippen molar-refractivity contribution in [2.75, 3.05) is 0 Å². The van der Waals surface area contributed by atoms with Gasteiger partial charge in [-0.3, -0.25) is 0 Å². The van der Waals surface area contributed by atoms with Crippen LogP contribution in [0.4, 0.5) is 0 Å². The molecule has 0 N–H and O–H groups in total. The van der Waals surface area contributed by atoms with E-state index in [2.05, 4.69) is 79.6 Å². The first-order valence-electron chi connectivity index (χ1n) is 6.02. The van der Waals surface area contributed by atoms with Gasteiger partial charge in [0.15, 0.2) is 0 Å². The smallest absolute Gasteiger partial charge is 0.0862 e. The van der Waals surface area contributed by atoms with Crippen molar-refractivity contribution in [1.29, 1.82) is 0 Å². The van der Waals surface area contributed by atoms with Gasteiger partial charge in [-0.05, 0) is 19.3 Å². The largest absolute Gasteiger partial charge is 0.125 e. The minimum atomic E-state index is -0.196. The quantitative estimate of drug-likeness (QED) is 0.271. The summed E-state index contributed by atoms with van der Waals surface area (Å²) in [5, 5.41) is 0. The van der Waals surface area contributed by atoms with Crippen molar-refractivity contribution in [2.24, 2.45) is 0 Å². The molecule has 0 heterocycles. The molecule has 0 amide bonds. The first-order valence-corrected chi connectivity index (χ1v) is 10.1. The molecule has 0 radical (unpaired) electrons. The van der Waals surface area contributed by atoms with Crippen molar-refractivity contribution < 1.29 is 0 Å². The number of alkyl halides is 3. The van der Waals surface area contributed by atoms with E-state index < -0.39 is 0 Å². The highest BCUT2D eigenvalue weighted by atomic mass is 79.9. The molecule has 1 unspecified atom stereocenters. The molecule has 0 aliphatic heterocycles. The molecule has 0 saturated carbocycles. The Morgan fingerprint density at radius 3 is 2.06 bits per heavy atom. The summed E-state index contributed by atoms with van der Waals surface area (Å²) in [7, 11) is 0. The van der Waals surface area contributed by atoms with E-state index in [0.717, 1.165) is 6.42 Å². The molecular formula is C12H17Br5.